The van der Waals surface area contributed by atoms with Crippen LogP contribution in [-0.2, 0) is 5.41 Å². The van der Waals surface area contributed by atoms with Crippen LogP contribution in [0, 0.1) is 12.8 Å². The van der Waals surface area contributed by atoms with E-state index in [9.17, 15) is 4.79 Å². The third-order valence-corrected chi connectivity index (χ3v) is 6.69. The number of carbonyl (C=O) groups is 1. The largest absolute Gasteiger partial charge is 0.366 e. The van der Waals surface area contributed by atoms with Crippen molar-refractivity contribution in [2.45, 2.75) is 59.4 Å². The van der Waals surface area contributed by atoms with Gasteiger partial charge in [0.25, 0.3) is 0 Å². The number of carbonyl (C=O) groups excluding carboxylic acids is 1. The van der Waals surface area contributed by atoms with Crippen LogP contribution in [0.4, 0.5) is 0 Å². The zero-order chi connectivity index (χ0) is 24.6. The van der Waals surface area contributed by atoms with Crippen LogP contribution in [0.3, 0.4) is 0 Å². The number of aromatic nitrogens is 2. The summed E-state index contributed by atoms with van der Waals surface area (Å²) >= 11 is 0. The molecule has 0 radical (unpaired) electrons. The van der Waals surface area contributed by atoms with Crippen molar-refractivity contribution in [1.82, 2.24) is 9.78 Å². The summed E-state index contributed by atoms with van der Waals surface area (Å²) in [7, 11) is 0. The third-order valence-electron chi connectivity index (χ3n) is 6.69. The second-order valence-corrected chi connectivity index (χ2v) is 10.7. The zero-order valence-electron chi connectivity index (χ0n) is 21.1. The molecule has 3 aromatic carbocycles. The van der Waals surface area contributed by atoms with Crippen molar-refractivity contribution in [1.29, 1.82) is 0 Å². The number of nitrogens with zero attached hydrogens (tertiary/aromatic N) is 2. The fourth-order valence-electron chi connectivity index (χ4n) is 4.79. The predicted octanol–water partition coefficient (Wildman–Crippen LogP) is 7.04. The van der Waals surface area contributed by atoms with Gasteiger partial charge in [-0.3, -0.25) is 9.48 Å². The van der Waals surface area contributed by atoms with Gasteiger partial charge in [-0.1, -0.05) is 83.1 Å². The van der Waals surface area contributed by atoms with Crippen molar-refractivity contribution >= 4 is 16.8 Å². The lowest BCUT2D eigenvalue weighted by Crippen LogP contribution is -2.20. The summed E-state index contributed by atoms with van der Waals surface area (Å²) in [6.07, 6.45) is 2.81. The molecule has 4 aromatic rings. The van der Waals surface area contributed by atoms with E-state index < -0.39 is 5.91 Å². The first-order valence-corrected chi connectivity index (χ1v) is 12.0. The van der Waals surface area contributed by atoms with Crippen LogP contribution in [0.2, 0.25) is 0 Å². The molecule has 0 aliphatic rings. The van der Waals surface area contributed by atoms with Crippen molar-refractivity contribution in [3.63, 3.8) is 0 Å². The smallest absolute Gasteiger partial charge is 0.249 e. The van der Waals surface area contributed by atoms with Gasteiger partial charge in [-0.15, -0.1) is 0 Å². The molecule has 0 aliphatic heterocycles. The molecule has 0 saturated heterocycles. The predicted molar refractivity (Wildman–Crippen MR) is 141 cm³/mol. The molecule has 0 fully saturated rings. The molecule has 0 saturated carbocycles. The normalized spacial score (nSPS) is 12.9. The average Bonchev–Trinajstić information content (AvgIpc) is 3.22. The summed E-state index contributed by atoms with van der Waals surface area (Å²) in [4.78, 5) is 12.2. The van der Waals surface area contributed by atoms with Crippen LogP contribution in [0.5, 0.6) is 0 Å². The van der Waals surface area contributed by atoms with E-state index in [1.54, 1.807) is 6.07 Å². The van der Waals surface area contributed by atoms with E-state index in [0.717, 1.165) is 22.9 Å². The van der Waals surface area contributed by atoms with Gasteiger partial charge in [-0.2, -0.15) is 5.10 Å². The molecule has 1 unspecified atom stereocenters. The van der Waals surface area contributed by atoms with Crippen molar-refractivity contribution in [2.75, 3.05) is 0 Å². The van der Waals surface area contributed by atoms with Gasteiger partial charge in [0.2, 0.25) is 5.91 Å². The SMILES string of the molecule is Cc1c(-c2ccc(C(C)(C)C)cc2)ccc2c1cnn2C(CC(C)C)c1ccccc1C(N)=O. The average molecular weight is 454 g/mol. The number of fused-ring (bicyclic) bond motifs is 1. The minimum absolute atomic E-state index is 0.0717. The van der Waals surface area contributed by atoms with E-state index in [-0.39, 0.29) is 11.5 Å². The molecule has 1 amide bonds. The standard InChI is InChI=1S/C30H35N3O/c1-19(2)17-28(24-9-7-8-10-25(24)29(31)34)33-27-16-15-23(20(3)26(27)18-32-33)21-11-13-22(14-12-21)30(4,5)6/h7-16,18-19,28H,17H2,1-6H3,(H2,31,34). The van der Waals surface area contributed by atoms with Gasteiger partial charge in [0.15, 0.2) is 0 Å². The Labute approximate surface area is 202 Å². The van der Waals surface area contributed by atoms with E-state index in [4.69, 9.17) is 10.8 Å². The lowest BCUT2D eigenvalue weighted by atomic mass is 9.86. The molecule has 0 aliphatic carbocycles. The zero-order valence-corrected chi connectivity index (χ0v) is 21.1. The van der Waals surface area contributed by atoms with E-state index in [0.29, 0.717) is 11.5 Å². The Bertz CT molecular complexity index is 1320. The molecule has 0 spiro atoms. The molecule has 1 atom stereocenters. The summed E-state index contributed by atoms with van der Waals surface area (Å²) in [5.74, 6) is 0.0184. The number of aryl methyl sites for hydroxylation is 1. The summed E-state index contributed by atoms with van der Waals surface area (Å²) in [5.41, 5.74) is 13.4. The Balaban J connectivity index is 1.81. The number of benzene rings is 3. The van der Waals surface area contributed by atoms with Gasteiger partial charge in [0.05, 0.1) is 17.8 Å². The van der Waals surface area contributed by atoms with E-state index in [1.807, 2.05) is 24.4 Å². The molecule has 1 aromatic heterocycles. The van der Waals surface area contributed by atoms with E-state index >= 15 is 0 Å². The van der Waals surface area contributed by atoms with Crippen molar-refractivity contribution in [3.05, 3.63) is 89.1 Å². The Kier molecular flexibility index (Phi) is 6.35. The Morgan fingerprint density at radius 3 is 2.29 bits per heavy atom. The second kappa shape index (κ2) is 9.09. The first-order valence-electron chi connectivity index (χ1n) is 12.0. The molecule has 4 rings (SSSR count). The van der Waals surface area contributed by atoms with Crippen LogP contribution in [-0.4, -0.2) is 15.7 Å². The molecule has 4 heteroatoms. The van der Waals surface area contributed by atoms with Crippen LogP contribution in [0.25, 0.3) is 22.0 Å². The van der Waals surface area contributed by atoms with Crippen LogP contribution < -0.4 is 5.73 Å². The van der Waals surface area contributed by atoms with Gasteiger partial charge >= 0.3 is 0 Å². The number of hydrogen-bond acceptors (Lipinski definition) is 2. The summed E-state index contributed by atoms with van der Waals surface area (Å²) in [5, 5.41) is 5.96. The van der Waals surface area contributed by atoms with Crippen LogP contribution in [0.15, 0.2) is 66.9 Å². The van der Waals surface area contributed by atoms with Crippen LogP contribution in [0.1, 0.15) is 74.1 Å². The van der Waals surface area contributed by atoms with Gasteiger partial charge in [-0.05, 0) is 64.6 Å². The molecule has 2 N–H and O–H groups in total. The minimum atomic E-state index is -0.405. The number of primary amides is 1. The van der Waals surface area contributed by atoms with Gasteiger partial charge in [0, 0.05) is 10.9 Å². The second-order valence-electron chi connectivity index (χ2n) is 10.7. The summed E-state index contributed by atoms with van der Waals surface area (Å²) < 4.78 is 2.07. The number of hydrogen-bond donors (Lipinski definition) is 1. The lowest BCUT2D eigenvalue weighted by molar-refractivity contribution is 0.0998. The van der Waals surface area contributed by atoms with Crippen molar-refractivity contribution in [3.8, 4) is 11.1 Å². The monoisotopic (exact) mass is 453 g/mol. The molecule has 176 valence electrons. The van der Waals surface area contributed by atoms with E-state index in [1.165, 1.54) is 22.3 Å². The number of nitrogens with two attached hydrogens (primary N) is 1. The highest BCUT2D eigenvalue weighted by Crippen LogP contribution is 2.35. The highest BCUT2D eigenvalue weighted by atomic mass is 16.1. The molecule has 1 heterocycles. The highest BCUT2D eigenvalue weighted by molar-refractivity contribution is 5.95. The first kappa shape index (κ1) is 23.7. The van der Waals surface area contributed by atoms with Gasteiger partial charge in [0.1, 0.15) is 0 Å². The quantitative estimate of drug-likeness (QED) is 0.340. The van der Waals surface area contributed by atoms with Crippen molar-refractivity contribution in [2.24, 2.45) is 11.7 Å². The van der Waals surface area contributed by atoms with Crippen molar-refractivity contribution < 1.29 is 4.79 Å². The van der Waals surface area contributed by atoms with Gasteiger partial charge < -0.3 is 5.73 Å². The van der Waals surface area contributed by atoms with Crippen LogP contribution >= 0.6 is 0 Å². The maximum Gasteiger partial charge on any atom is 0.249 e. The first-order chi connectivity index (χ1) is 16.1. The lowest BCUT2D eigenvalue weighted by Gasteiger charge is -2.23. The third kappa shape index (κ3) is 4.50. The molecule has 4 nitrogen and oxygen atoms in total. The fraction of sp³-hybridized carbons (Fsp3) is 0.333. The summed E-state index contributed by atoms with van der Waals surface area (Å²) in [6, 6.07) is 20.8. The summed E-state index contributed by atoms with van der Waals surface area (Å²) in [6.45, 7) is 13.2. The number of rotatable bonds is 6. The maximum atomic E-state index is 12.2. The Morgan fingerprint density at radius 2 is 1.68 bits per heavy atom. The maximum absolute atomic E-state index is 12.2. The molecular formula is C30H35N3O. The Hall–Kier alpha value is -3.40. The highest BCUT2D eigenvalue weighted by Gasteiger charge is 2.24. The van der Waals surface area contributed by atoms with Gasteiger partial charge in [-0.25, -0.2) is 0 Å². The topological polar surface area (TPSA) is 60.9 Å². The number of amides is 1. The molecule has 34 heavy (non-hydrogen) atoms. The van der Waals surface area contributed by atoms with E-state index in [2.05, 4.69) is 82.6 Å². The molecular weight excluding hydrogens is 418 g/mol. The Morgan fingerprint density at radius 1 is 1.00 bits per heavy atom. The fourth-order valence-corrected chi connectivity index (χ4v) is 4.79. The molecule has 0 bridgehead atoms. The minimum Gasteiger partial charge on any atom is -0.366 e.